The highest BCUT2D eigenvalue weighted by Gasteiger charge is 2.20. The molecule has 5 nitrogen and oxygen atoms in total. The van der Waals surface area contributed by atoms with Gasteiger partial charge in [-0.1, -0.05) is 42.5 Å². The lowest BCUT2D eigenvalue weighted by Crippen LogP contribution is -2.08. The molecule has 2 rings (SSSR count). The van der Waals surface area contributed by atoms with E-state index in [-0.39, 0.29) is 23.8 Å². The third-order valence-corrected chi connectivity index (χ3v) is 2.70. The van der Waals surface area contributed by atoms with Crippen molar-refractivity contribution in [2.75, 3.05) is 6.61 Å². The molecule has 0 saturated carbocycles. The highest BCUT2D eigenvalue weighted by Crippen LogP contribution is 2.37. The Hall–Kier alpha value is -2.69. The summed E-state index contributed by atoms with van der Waals surface area (Å²) in [5.74, 6) is -0.0685. The summed E-state index contributed by atoms with van der Waals surface area (Å²) in [6.07, 6.45) is 0. The molecular formula is C15H13NO4. The first-order valence-electron chi connectivity index (χ1n) is 6.04. The van der Waals surface area contributed by atoms with Crippen LogP contribution in [-0.4, -0.2) is 17.3 Å². The van der Waals surface area contributed by atoms with Gasteiger partial charge in [0.1, 0.15) is 6.61 Å². The topological polar surface area (TPSA) is 69.4 Å². The van der Waals surface area contributed by atoms with E-state index in [2.05, 4.69) is 0 Å². The summed E-state index contributed by atoms with van der Waals surface area (Å²) in [7, 11) is 0. The van der Waals surface area contributed by atoms with E-state index in [1.807, 2.05) is 30.3 Å². The Kier molecular flexibility index (Phi) is 4.10. The molecule has 0 heterocycles. The molecule has 0 aliphatic heterocycles. The number of rotatable bonds is 5. The first-order chi connectivity index (χ1) is 9.59. The molecule has 0 aliphatic carbocycles. The fourth-order valence-corrected chi connectivity index (χ4v) is 1.84. The molecule has 0 aromatic heterocycles. The normalized spacial score (nSPS) is 10.1. The maximum absolute atomic E-state index is 11.1. The quantitative estimate of drug-likeness (QED) is 0.618. The van der Waals surface area contributed by atoms with Gasteiger partial charge in [-0.25, -0.2) is 0 Å². The molecular weight excluding hydrogens is 258 g/mol. The van der Waals surface area contributed by atoms with E-state index in [9.17, 15) is 14.9 Å². The SMILES string of the molecule is CC(=O)COc1c(-c2ccccc2)cccc1[N+](=O)[O-]. The molecule has 2 aromatic carbocycles. The second-order valence-corrected chi connectivity index (χ2v) is 4.27. The van der Waals surface area contributed by atoms with Crippen LogP contribution in [0.25, 0.3) is 11.1 Å². The minimum atomic E-state index is -0.512. The van der Waals surface area contributed by atoms with Crippen molar-refractivity contribution in [1.82, 2.24) is 0 Å². The number of hydrogen-bond donors (Lipinski definition) is 0. The van der Waals surface area contributed by atoms with Gasteiger partial charge in [-0.2, -0.15) is 0 Å². The smallest absolute Gasteiger partial charge is 0.311 e. The first-order valence-corrected chi connectivity index (χ1v) is 6.04. The summed E-state index contributed by atoms with van der Waals surface area (Å²) in [6, 6.07) is 13.9. The van der Waals surface area contributed by atoms with E-state index in [0.717, 1.165) is 5.56 Å². The van der Waals surface area contributed by atoms with Gasteiger partial charge in [0.15, 0.2) is 5.78 Å². The lowest BCUT2D eigenvalue weighted by atomic mass is 10.0. The number of nitro benzene ring substituents is 1. The molecule has 0 amide bonds. The fraction of sp³-hybridized carbons (Fsp3) is 0.133. The van der Waals surface area contributed by atoms with Crippen LogP contribution in [0.15, 0.2) is 48.5 Å². The predicted octanol–water partition coefficient (Wildman–Crippen LogP) is 3.23. The largest absolute Gasteiger partial charge is 0.478 e. The zero-order chi connectivity index (χ0) is 14.5. The summed E-state index contributed by atoms with van der Waals surface area (Å²) in [5.41, 5.74) is 1.25. The molecule has 0 atom stereocenters. The number of carbonyl (C=O) groups excluding carboxylic acids is 1. The summed E-state index contributed by atoms with van der Waals surface area (Å²) in [4.78, 5) is 21.6. The van der Waals surface area contributed by atoms with Crippen LogP contribution in [0.2, 0.25) is 0 Å². The molecule has 0 unspecified atom stereocenters. The third-order valence-electron chi connectivity index (χ3n) is 2.70. The number of ether oxygens (including phenoxy) is 1. The average molecular weight is 271 g/mol. The maximum Gasteiger partial charge on any atom is 0.311 e. The van der Waals surface area contributed by atoms with Crippen molar-refractivity contribution in [3.05, 3.63) is 58.6 Å². The molecule has 0 spiro atoms. The van der Waals surface area contributed by atoms with Crippen molar-refractivity contribution < 1.29 is 14.5 Å². The van der Waals surface area contributed by atoms with Gasteiger partial charge in [0.25, 0.3) is 0 Å². The second-order valence-electron chi connectivity index (χ2n) is 4.27. The number of ketones is 1. The van der Waals surface area contributed by atoms with Crippen LogP contribution in [0.4, 0.5) is 5.69 Å². The molecule has 2 aromatic rings. The highest BCUT2D eigenvalue weighted by molar-refractivity contribution is 5.79. The molecule has 0 bridgehead atoms. The minimum Gasteiger partial charge on any atom is -0.478 e. The zero-order valence-corrected chi connectivity index (χ0v) is 10.9. The molecule has 0 N–H and O–H groups in total. The van der Waals surface area contributed by atoms with Gasteiger partial charge in [-0.15, -0.1) is 0 Å². The summed E-state index contributed by atoms with van der Waals surface area (Å²) < 4.78 is 5.35. The van der Waals surface area contributed by atoms with Gasteiger partial charge in [0.05, 0.1) is 4.92 Å². The van der Waals surface area contributed by atoms with Crippen molar-refractivity contribution in [3.63, 3.8) is 0 Å². The van der Waals surface area contributed by atoms with Crippen molar-refractivity contribution in [1.29, 1.82) is 0 Å². The van der Waals surface area contributed by atoms with Crippen molar-refractivity contribution >= 4 is 11.5 Å². The standard InChI is InChI=1S/C15H13NO4/c1-11(17)10-20-15-13(12-6-3-2-4-7-12)8-5-9-14(15)16(18)19/h2-9H,10H2,1H3. The van der Waals surface area contributed by atoms with Crippen molar-refractivity contribution in [3.8, 4) is 16.9 Å². The summed E-state index contributed by atoms with van der Waals surface area (Å²) in [6.45, 7) is 1.18. The second kappa shape index (κ2) is 5.97. The maximum atomic E-state index is 11.1. The van der Waals surface area contributed by atoms with Gasteiger partial charge in [0.2, 0.25) is 5.75 Å². The van der Waals surface area contributed by atoms with Crippen LogP contribution in [0, 0.1) is 10.1 Å². The Labute approximate surface area is 116 Å². The molecule has 5 heteroatoms. The number of Topliss-reactive ketones (excluding diaryl/α,β-unsaturated/α-hetero) is 1. The molecule has 0 fully saturated rings. The highest BCUT2D eigenvalue weighted by atomic mass is 16.6. The molecule has 0 saturated heterocycles. The minimum absolute atomic E-state index is 0.124. The number of nitro groups is 1. The zero-order valence-electron chi connectivity index (χ0n) is 10.9. The van der Waals surface area contributed by atoms with Gasteiger partial charge < -0.3 is 4.74 Å². The lowest BCUT2D eigenvalue weighted by molar-refractivity contribution is -0.385. The van der Waals surface area contributed by atoms with Gasteiger partial charge in [-0.05, 0) is 12.5 Å². The molecule has 102 valence electrons. The lowest BCUT2D eigenvalue weighted by Gasteiger charge is -2.10. The van der Waals surface area contributed by atoms with Crippen LogP contribution in [0.1, 0.15) is 6.92 Å². The van der Waals surface area contributed by atoms with E-state index in [1.165, 1.54) is 13.0 Å². The summed E-state index contributed by atoms with van der Waals surface area (Å²) in [5, 5.41) is 11.1. The number of nitrogens with zero attached hydrogens (tertiary/aromatic N) is 1. The predicted molar refractivity (Wildman–Crippen MR) is 74.7 cm³/mol. The Morgan fingerprint density at radius 3 is 2.45 bits per heavy atom. The van der Waals surface area contributed by atoms with E-state index < -0.39 is 4.92 Å². The van der Waals surface area contributed by atoms with Crippen LogP contribution >= 0.6 is 0 Å². The number of para-hydroxylation sites is 1. The molecule has 0 radical (unpaired) electrons. The van der Waals surface area contributed by atoms with Gasteiger partial charge >= 0.3 is 5.69 Å². The van der Waals surface area contributed by atoms with Crippen LogP contribution in [0.5, 0.6) is 5.75 Å². The number of benzene rings is 2. The Bertz CT molecular complexity index is 638. The van der Waals surface area contributed by atoms with E-state index in [1.54, 1.807) is 12.1 Å². The van der Waals surface area contributed by atoms with Crippen molar-refractivity contribution in [2.45, 2.75) is 6.92 Å². The van der Waals surface area contributed by atoms with Crippen LogP contribution < -0.4 is 4.74 Å². The molecule has 0 aliphatic rings. The fourth-order valence-electron chi connectivity index (χ4n) is 1.84. The van der Waals surface area contributed by atoms with E-state index in [0.29, 0.717) is 5.56 Å². The third kappa shape index (κ3) is 3.00. The number of carbonyl (C=O) groups is 1. The summed E-state index contributed by atoms with van der Waals surface area (Å²) >= 11 is 0. The Balaban J connectivity index is 2.53. The van der Waals surface area contributed by atoms with Crippen LogP contribution in [-0.2, 0) is 4.79 Å². The van der Waals surface area contributed by atoms with Crippen molar-refractivity contribution in [2.24, 2.45) is 0 Å². The number of hydrogen-bond acceptors (Lipinski definition) is 4. The van der Waals surface area contributed by atoms with Gasteiger partial charge in [-0.3, -0.25) is 14.9 Å². The molecule has 20 heavy (non-hydrogen) atoms. The Morgan fingerprint density at radius 2 is 1.85 bits per heavy atom. The average Bonchev–Trinajstić information content (AvgIpc) is 2.45. The van der Waals surface area contributed by atoms with Gasteiger partial charge in [0, 0.05) is 11.6 Å². The van der Waals surface area contributed by atoms with E-state index >= 15 is 0 Å². The monoisotopic (exact) mass is 271 g/mol. The van der Waals surface area contributed by atoms with E-state index in [4.69, 9.17) is 4.74 Å². The van der Waals surface area contributed by atoms with Crippen LogP contribution in [0.3, 0.4) is 0 Å². The first kappa shape index (κ1) is 13.7. The Morgan fingerprint density at radius 1 is 1.15 bits per heavy atom.